The molecule has 2 N–H and O–H groups in total. The second kappa shape index (κ2) is 7.91. The van der Waals surface area contributed by atoms with E-state index in [4.69, 9.17) is 0 Å². The van der Waals surface area contributed by atoms with Gasteiger partial charge in [-0.3, -0.25) is 14.4 Å². The Bertz CT molecular complexity index is 663. The summed E-state index contributed by atoms with van der Waals surface area (Å²) in [7, 11) is 0. The number of carbonyl (C=O) groups excluding carboxylic acids is 3. The van der Waals surface area contributed by atoms with Crippen LogP contribution >= 0.6 is 11.3 Å². The third-order valence-electron chi connectivity index (χ3n) is 5.80. The maximum absolute atomic E-state index is 12.4. The molecule has 26 heavy (non-hydrogen) atoms. The van der Waals surface area contributed by atoms with Crippen LogP contribution in [0.3, 0.4) is 0 Å². The van der Waals surface area contributed by atoms with Gasteiger partial charge < -0.3 is 10.6 Å². The highest BCUT2D eigenvalue weighted by molar-refractivity contribution is 7.12. The Balaban J connectivity index is 1.33. The molecule has 1 heterocycles. The fraction of sp³-hybridized carbons (Fsp3) is 0.650. The fourth-order valence-corrected chi connectivity index (χ4v) is 4.75. The minimum atomic E-state index is -0.0818. The maximum Gasteiger partial charge on any atom is 0.223 e. The Morgan fingerprint density at radius 1 is 1.15 bits per heavy atom. The van der Waals surface area contributed by atoms with E-state index in [2.05, 4.69) is 24.5 Å². The molecular formula is C20H28N2O3S. The molecule has 6 heteroatoms. The zero-order valence-corrected chi connectivity index (χ0v) is 16.4. The highest BCUT2D eigenvalue weighted by atomic mass is 32.1. The van der Waals surface area contributed by atoms with E-state index < -0.39 is 0 Å². The van der Waals surface area contributed by atoms with E-state index in [0.717, 1.165) is 32.1 Å². The van der Waals surface area contributed by atoms with E-state index >= 15 is 0 Å². The van der Waals surface area contributed by atoms with Gasteiger partial charge in [0.15, 0.2) is 5.78 Å². The third-order valence-corrected chi connectivity index (χ3v) is 6.71. The summed E-state index contributed by atoms with van der Waals surface area (Å²) in [6, 6.07) is 3.90. The number of Topliss-reactive ketones (excluding diaryl/α,β-unsaturated/α-hetero) is 1. The smallest absolute Gasteiger partial charge is 0.223 e. The lowest BCUT2D eigenvalue weighted by molar-refractivity contribution is -0.129. The van der Waals surface area contributed by atoms with Crippen molar-refractivity contribution in [2.45, 2.75) is 70.9 Å². The van der Waals surface area contributed by atoms with Gasteiger partial charge in [-0.25, -0.2) is 0 Å². The molecule has 0 aromatic carbocycles. The molecule has 1 atom stereocenters. The summed E-state index contributed by atoms with van der Waals surface area (Å²) in [5.41, 5.74) is 0.0938. The van der Waals surface area contributed by atoms with E-state index in [1.165, 1.54) is 11.3 Å². The minimum absolute atomic E-state index is 0.0214. The highest BCUT2D eigenvalue weighted by Crippen LogP contribution is 2.42. The molecule has 142 valence electrons. The first-order valence-corrected chi connectivity index (χ1v) is 10.4. The summed E-state index contributed by atoms with van der Waals surface area (Å²) in [5, 5.41) is 7.97. The first-order chi connectivity index (χ1) is 12.3. The van der Waals surface area contributed by atoms with Gasteiger partial charge in [-0.1, -0.05) is 26.3 Å². The zero-order valence-electron chi connectivity index (χ0n) is 15.5. The van der Waals surface area contributed by atoms with Gasteiger partial charge in [0.1, 0.15) is 0 Å². The van der Waals surface area contributed by atoms with E-state index in [1.807, 2.05) is 11.4 Å². The fourth-order valence-electron chi connectivity index (χ4n) is 4.06. The molecule has 5 nitrogen and oxygen atoms in total. The van der Waals surface area contributed by atoms with Crippen LogP contribution in [-0.2, 0) is 9.59 Å². The molecule has 1 aromatic rings. The van der Waals surface area contributed by atoms with Crippen LogP contribution in [0.5, 0.6) is 0 Å². The molecule has 2 saturated carbocycles. The molecule has 1 aromatic heterocycles. The lowest BCUT2D eigenvalue weighted by Crippen LogP contribution is -2.55. The first-order valence-electron chi connectivity index (χ1n) is 9.51. The van der Waals surface area contributed by atoms with E-state index in [0.29, 0.717) is 4.88 Å². The number of ketones is 1. The molecule has 2 aliphatic carbocycles. The van der Waals surface area contributed by atoms with Crippen molar-refractivity contribution >= 4 is 28.9 Å². The average Bonchev–Trinajstić information content (AvgIpc) is 3.19. The molecule has 0 saturated heterocycles. The SMILES string of the molecule is CC1(C)CCCC1C(=O)NC1CC(NC(=O)CCC(=O)c2cccs2)C1. The van der Waals surface area contributed by atoms with E-state index in [1.54, 1.807) is 6.07 Å². The van der Waals surface area contributed by atoms with Crippen LogP contribution in [0.1, 0.15) is 68.5 Å². The molecule has 0 radical (unpaired) electrons. The Kier molecular flexibility index (Phi) is 5.80. The van der Waals surface area contributed by atoms with Crippen LogP contribution in [0.2, 0.25) is 0 Å². The molecular weight excluding hydrogens is 348 g/mol. The van der Waals surface area contributed by atoms with Gasteiger partial charge >= 0.3 is 0 Å². The van der Waals surface area contributed by atoms with Crippen molar-refractivity contribution in [3.05, 3.63) is 22.4 Å². The van der Waals surface area contributed by atoms with Crippen LogP contribution in [-0.4, -0.2) is 29.7 Å². The van der Waals surface area contributed by atoms with Gasteiger partial charge in [0.05, 0.1) is 4.88 Å². The lowest BCUT2D eigenvalue weighted by atomic mass is 9.80. The normalized spacial score (nSPS) is 26.8. The average molecular weight is 377 g/mol. The summed E-state index contributed by atoms with van der Waals surface area (Å²) in [4.78, 5) is 37.1. The van der Waals surface area contributed by atoms with Crippen LogP contribution < -0.4 is 10.6 Å². The molecule has 1 unspecified atom stereocenters. The quantitative estimate of drug-likeness (QED) is 0.717. The summed E-state index contributed by atoms with van der Waals surface area (Å²) in [5.74, 6) is 0.220. The first kappa shape index (κ1) is 19.1. The predicted octanol–water partition coefficient (Wildman–Crippen LogP) is 3.30. The summed E-state index contributed by atoms with van der Waals surface area (Å²) in [6.07, 6.45) is 5.24. The molecule has 0 aliphatic heterocycles. The van der Waals surface area contributed by atoms with Crippen molar-refractivity contribution in [1.29, 1.82) is 0 Å². The van der Waals surface area contributed by atoms with Gasteiger partial charge in [-0.2, -0.15) is 0 Å². The largest absolute Gasteiger partial charge is 0.353 e. The second-order valence-corrected chi connectivity index (χ2v) is 9.22. The molecule has 2 amide bonds. The molecule has 0 bridgehead atoms. The van der Waals surface area contributed by atoms with Crippen molar-refractivity contribution < 1.29 is 14.4 Å². The van der Waals surface area contributed by atoms with E-state index in [9.17, 15) is 14.4 Å². The van der Waals surface area contributed by atoms with Crippen LogP contribution in [0.15, 0.2) is 17.5 Å². The second-order valence-electron chi connectivity index (χ2n) is 8.28. The number of nitrogens with one attached hydrogen (secondary N) is 2. The Morgan fingerprint density at radius 2 is 1.88 bits per heavy atom. The van der Waals surface area contributed by atoms with Crippen LogP contribution in [0.25, 0.3) is 0 Å². The maximum atomic E-state index is 12.4. The van der Waals surface area contributed by atoms with Crippen molar-refractivity contribution in [3.8, 4) is 0 Å². The topological polar surface area (TPSA) is 75.3 Å². The van der Waals surface area contributed by atoms with Crippen molar-refractivity contribution in [3.63, 3.8) is 0 Å². The van der Waals surface area contributed by atoms with E-state index in [-0.39, 0.29) is 53.9 Å². The standard InChI is InChI=1S/C20H28N2O3S/c1-20(2)9-3-5-15(20)19(25)22-14-11-13(12-14)21-18(24)8-7-16(23)17-6-4-10-26-17/h4,6,10,13-15H,3,5,7-9,11-12H2,1-2H3,(H,21,24)(H,22,25). The lowest BCUT2D eigenvalue weighted by Gasteiger charge is -2.38. The van der Waals surface area contributed by atoms with Gasteiger partial charge in [0.2, 0.25) is 11.8 Å². The van der Waals surface area contributed by atoms with Gasteiger partial charge in [-0.15, -0.1) is 11.3 Å². The van der Waals surface area contributed by atoms with Crippen LogP contribution in [0, 0.1) is 11.3 Å². The Morgan fingerprint density at radius 3 is 2.50 bits per heavy atom. The highest BCUT2D eigenvalue weighted by Gasteiger charge is 2.41. The number of thiophene rings is 1. The summed E-state index contributed by atoms with van der Waals surface area (Å²) >= 11 is 1.41. The zero-order chi connectivity index (χ0) is 18.7. The molecule has 2 aliphatic rings. The van der Waals surface area contributed by atoms with Crippen LogP contribution in [0.4, 0.5) is 0 Å². The Labute approximate surface area is 158 Å². The number of hydrogen-bond donors (Lipinski definition) is 2. The summed E-state index contributed by atoms with van der Waals surface area (Å²) < 4.78 is 0. The monoisotopic (exact) mass is 376 g/mol. The van der Waals surface area contributed by atoms with Crippen molar-refractivity contribution in [1.82, 2.24) is 10.6 Å². The van der Waals surface area contributed by atoms with Gasteiger partial charge in [-0.05, 0) is 42.5 Å². The van der Waals surface area contributed by atoms with Gasteiger partial charge in [0.25, 0.3) is 0 Å². The predicted molar refractivity (Wildman–Crippen MR) is 102 cm³/mol. The Hall–Kier alpha value is -1.69. The van der Waals surface area contributed by atoms with Gasteiger partial charge in [0, 0.05) is 30.8 Å². The van der Waals surface area contributed by atoms with Crippen molar-refractivity contribution in [2.75, 3.05) is 0 Å². The molecule has 3 rings (SSSR count). The number of amides is 2. The molecule has 2 fully saturated rings. The minimum Gasteiger partial charge on any atom is -0.353 e. The number of carbonyl (C=O) groups is 3. The summed E-state index contributed by atoms with van der Waals surface area (Å²) in [6.45, 7) is 4.34. The number of rotatable bonds is 7. The molecule has 0 spiro atoms. The number of hydrogen-bond acceptors (Lipinski definition) is 4. The third kappa shape index (κ3) is 4.53. The van der Waals surface area contributed by atoms with Crippen molar-refractivity contribution in [2.24, 2.45) is 11.3 Å².